The number of alkyl halides is 3. The lowest BCUT2D eigenvalue weighted by atomic mass is 10.2. The Hall–Kier alpha value is -2.52. The first-order chi connectivity index (χ1) is 10.2. The summed E-state index contributed by atoms with van der Waals surface area (Å²) in [6.45, 7) is 1.50. The van der Waals surface area contributed by atoms with Gasteiger partial charge in [0.25, 0.3) is 0 Å². The number of ether oxygens (including phenoxy) is 1. The third-order valence-electron chi connectivity index (χ3n) is 2.83. The van der Waals surface area contributed by atoms with E-state index in [1.165, 1.54) is 0 Å². The number of rotatable bonds is 2. The first-order valence-electron chi connectivity index (χ1n) is 6.24. The van der Waals surface area contributed by atoms with Crippen molar-refractivity contribution in [3.8, 4) is 5.75 Å². The Morgan fingerprint density at radius 3 is 2.55 bits per heavy atom. The minimum absolute atomic E-state index is 0.0529. The van der Waals surface area contributed by atoms with Gasteiger partial charge < -0.3 is 20.7 Å². The largest absolute Gasteiger partial charge is 0.573 e. The maximum atomic E-state index is 13.5. The van der Waals surface area contributed by atoms with E-state index in [0.29, 0.717) is 0 Å². The van der Waals surface area contributed by atoms with Gasteiger partial charge in [-0.2, -0.15) is 4.99 Å². The molecule has 0 atom stereocenters. The van der Waals surface area contributed by atoms with Crippen LogP contribution in [0.25, 0.3) is 0 Å². The molecule has 0 radical (unpaired) electrons. The molecule has 1 saturated heterocycles. The number of nitrogens with zero attached hydrogens (tertiary/aromatic N) is 2. The molecule has 4 N–H and O–H groups in total. The number of hydrogen-bond acceptors (Lipinski definition) is 2. The topological polar surface area (TPSA) is 86.7 Å². The van der Waals surface area contributed by atoms with Gasteiger partial charge in [-0.1, -0.05) is 0 Å². The molecule has 2 rings (SSSR count). The van der Waals surface area contributed by atoms with Crippen LogP contribution < -0.4 is 15.8 Å². The van der Waals surface area contributed by atoms with Crippen molar-refractivity contribution in [3.63, 3.8) is 0 Å². The third kappa shape index (κ3) is 4.24. The van der Waals surface area contributed by atoms with Crippen molar-refractivity contribution in [1.82, 2.24) is 4.90 Å². The highest BCUT2D eigenvalue weighted by Gasteiger charge is 2.32. The number of halogens is 4. The molecule has 0 saturated carbocycles. The summed E-state index contributed by atoms with van der Waals surface area (Å²) in [5, 5.41) is 10.00. The van der Waals surface area contributed by atoms with Crippen LogP contribution in [0, 0.1) is 11.2 Å². The summed E-state index contributed by atoms with van der Waals surface area (Å²) < 4.78 is 53.0. The molecule has 0 spiro atoms. The Balaban J connectivity index is 2.01. The Morgan fingerprint density at radius 1 is 1.36 bits per heavy atom. The average Bonchev–Trinajstić information content (AvgIpc) is 2.28. The van der Waals surface area contributed by atoms with Crippen molar-refractivity contribution in [1.29, 1.82) is 5.41 Å². The van der Waals surface area contributed by atoms with Crippen LogP contribution in [-0.4, -0.2) is 36.3 Å². The van der Waals surface area contributed by atoms with E-state index in [4.69, 9.17) is 11.1 Å². The van der Waals surface area contributed by atoms with Gasteiger partial charge >= 0.3 is 6.36 Å². The molecule has 1 heterocycles. The van der Waals surface area contributed by atoms with Gasteiger partial charge in [-0.3, -0.25) is 5.41 Å². The van der Waals surface area contributed by atoms with Crippen LogP contribution in [0.3, 0.4) is 0 Å². The first-order valence-corrected chi connectivity index (χ1v) is 6.24. The molecule has 1 aliphatic rings. The molecule has 22 heavy (non-hydrogen) atoms. The molecule has 1 aliphatic heterocycles. The Kier molecular flexibility index (Phi) is 4.38. The zero-order valence-electron chi connectivity index (χ0n) is 11.2. The maximum absolute atomic E-state index is 13.5. The van der Waals surface area contributed by atoms with Crippen LogP contribution in [0.1, 0.15) is 6.42 Å². The predicted molar refractivity (Wildman–Crippen MR) is 72.2 cm³/mol. The quantitative estimate of drug-likeness (QED) is 0.442. The fraction of sp³-hybridized carbons (Fsp3) is 0.333. The lowest BCUT2D eigenvalue weighted by Crippen LogP contribution is -2.46. The monoisotopic (exact) mass is 319 g/mol. The van der Waals surface area contributed by atoms with Gasteiger partial charge in [0.05, 0.1) is 0 Å². The highest BCUT2D eigenvalue weighted by atomic mass is 19.4. The molecule has 1 fully saturated rings. The van der Waals surface area contributed by atoms with Crippen molar-refractivity contribution < 1.29 is 22.3 Å². The van der Waals surface area contributed by atoms with Crippen LogP contribution in [0.5, 0.6) is 5.75 Å². The van der Waals surface area contributed by atoms with Crippen molar-refractivity contribution in [2.45, 2.75) is 12.8 Å². The van der Waals surface area contributed by atoms with E-state index in [1.54, 1.807) is 4.90 Å². The van der Waals surface area contributed by atoms with E-state index in [2.05, 4.69) is 15.0 Å². The van der Waals surface area contributed by atoms with E-state index in [9.17, 15) is 17.6 Å². The normalized spacial score (nSPS) is 15.3. The zero-order valence-corrected chi connectivity index (χ0v) is 11.2. The van der Waals surface area contributed by atoms with E-state index in [0.717, 1.165) is 37.7 Å². The predicted octanol–water partition coefficient (Wildman–Crippen LogP) is 2.09. The summed E-state index contributed by atoms with van der Waals surface area (Å²) in [5.41, 5.74) is 5.69. The second kappa shape index (κ2) is 6.08. The number of guanidine groups is 2. The molecule has 6 nitrogen and oxygen atoms in total. The van der Waals surface area contributed by atoms with Crippen molar-refractivity contribution in [2.24, 2.45) is 10.7 Å². The van der Waals surface area contributed by atoms with Gasteiger partial charge in [-0.05, 0) is 18.6 Å². The Morgan fingerprint density at radius 2 is 2.05 bits per heavy atom. The van der Waals surface area contributed by atoms with E-state index < -0.39 is 17.9 Å². The summed E-state index contributed by atoms with van der Waals surface area (Å²) >= 11 is 0. The minimum atomic E-state index is -4.97. The second-order valence-electron chi connectivity index (χ2n) is 4.48. The third-order valence-corrected chi connectivity index (χ3v) is 2.83. The second-order valence-corrected chi connectivity index (χ2v) is 4.48. The molecule has 1 aromatic carbocycles. The first kappa shape index (κ1) is 15.9. The SMILES string of the molecule is N=C(N=C(N)N1CCC1)Nc1ccc(OC(F)(F)F)c(F)c1. The summed E-state index contributed by atoms with van der Waals surface area (Å²) in [4.78, 5) is 5.51. The Bertz CT molecular complexity index is 598. The molecular weight excluding hydrogens is 306 g/mol. The van der Waals surface area contributed by atoms with E-state index in [-0.39, 0.29) is 17.6 Å². The van der Waals surface area contributed by atoms with Gasteiger partial charge in [0, 0.05) is 24.8 Å². The number of benzene rings is 1. The molecule has 120 valence electrons. The molecular formula is C12H13F4N5O. The van der Waals surface area contributed by atoms with Gasteiger partial charge in [0.15, 0.2) is 17.5 Å². The average molecular weight is 319 g/mol. The number of likely N-dealkylation sites (tertiary alicyclic amines) is 1. The number of nitrogens with two attached hydrogens (primary N) is 1. The highest BCUT2D eigenvalue weighted by Crippen LogP contribution is 2.27. The van der Waals surface area contributed by atoms with Gasteiger partial charge in [0.2, 0.25) is 5.96 Å². The summed E-state index contributed by atoms with van der Waals surface area (Å²) in [7, 11) is 0. The summed E-state index contributed by atoms with van der Waals surface area (Å²) in [6.07, 6.45) is -3.98. The van der Waals surface area contributed by atoms with Crippen LogP contribution in [-0.2, 0) is 0 Å². The van der Waals surface area contributed by atoms with E-state index in [1.807, 2.05) is 0 Å². The smallest absolute Gasteiger partial charge is 0.403 e. The fourth-order valence-corrected chi connectivity index (χ4v) is 1.68. The summed E-state index contributed by atoms with van der Waals surface area (Å²) in [5.74, 6) is -2.36. The van der Waals surface area contributed by atoms with Crippen molar-refractivity contribution >= 4 is 17.6 Å². The lowest BCUT2D eigenvalue weighted by molar-refractivity contribution is -0.275. The van der Waals surface area contributed by atoms with Crippen molar-refractivity contribution in [2.75, 3.05) is 18.4 Å². The zero-order chi connectivity index (χ0) is 16.3. The van der Waals surface area contributed by atoms with Crippen LogP contribution in [0.2, 0.25) is 0 Å². The van der Waals surface area contributed by atoms with Gasteiger partial charge in [0.1, 0.15) is 0 Å². The molecule has 0 aliphatic carbocycles. The molecule has 0 amide bonds. The standard InChI is InChI=1S/C12H13F4N5O/c13-8-6-7(2-3-9(8)22-12(14,15)16)19-10(17)20-11(18)21-4-1-5-21/h2-3,6H,1,4-5H2,(H4,17,18,19,20). The number of hydrogen-bond donors (Lipinski definition) is 3. The molecule has 0 bridgehead atoms. The van der Waals surface area contributed by atoms with Crippen LogP contribution in [0.15, 0.2) is 23.2 Å². The molecule has 0 unspecified atom stereocenters. The molecule has 10 heteroatoms. The van der Waals surface area contributed by atoms with E-state index >= 15 is 0 Å². The fourth-order valence-electron chi connectivity index (χ4n) is 1.68. The number of aliphatic imine (C=N–C) groups is 1. The van der Waals surface area contributed by atoms with Crippen molar-refractivity contribution in [3.05, 3.63) is 24.0 Å². The highest BCUT2D eigenvalue weighted by molar-refractivity contribution is 6.00. The van der Waals surface area contributed by atoms with Gasteiger partial charge in [-0.25, -0.2) is 4.39 Å². The number of anilines is 1. The maximum Gasteiger partial charge on any atom is 0.573 e. The number of nitrogens with one attached hydrogen (secondary N) is 2. The Labute approximate surface area is 123 Å². The van der Waals surface area contributed by atoms with Crippen LogP contribution in [0.4, 0.5) is 23.2 Å². The molecule has 1 aromatic rings. The van der Waals surface area contributed by atoms with Gasteiger partial charge in [-0.15, -0.1) is 13.2 Å². The van der Waals surface area contributed by atoms with Crippen LogP contribution >= 0.6 is 0 Å². The summed E-state index contributed by atoms with van der Waals surface area (Å²) in [6, 6.07) is 2.71. The molecule has 0 aromatic heterocycles. The minimum Gasteiger partial charge on any atom is -0.403 e. The lowest BCUT2D eigenvalue weighted by Gasteiger charge is -2.31.